The summed E-state index contributed by atoms with van der Waals surface area (Å²) in [4.78, 5) is 2.48. The van der Waals surface area contributed by atoms with E-state index in [1.165, 1.54) is 5.56 Å². The predicted octanol–water partition coefficient (Wildman–Crippen LogP) is 1.84. The summed E-state index contributed by atoms with van der Waals surface area (Å²) < 4.78 is 5.09. The first-order valence-electron chi connectivity index (χ1n) is 5.69. The molecule has 15 heavy (non-hydrogen) atoms. The lowest BCUT2D eigenvalue weighted by Crippen LogP contribution is -2.51. The zero-order valence-electron chi connectivity index (χ0n) is 9.52. The number of nitrogens with two attached hydrogens (primary N) is 1. The van der Waals surface area contributed by atoms with E-state index >= 15 is 0 Å². The topological polar surface area (TPSA) is 42.4 Å². The number of furan rings is 1. The van der Waals surface area contributed by atoms with E-state index in [0.717, 1.165) is 19.5 Å². The van der Waals surface area contributed by atoms with Crippen molar-refractivity contribution in [2.75, 3.05) is 6.54 Å². The Hall–Kier alpha value is -0.800. The van der Waals surface area contributed by atoms with Gasteiger partial charge in [0.15, 0.2) is 0 Å². The second kappa shape index (κ2) is 4.37. The average molecular weight is 208 g/mol. The average Bonchev–Trinajstić information content (AvgIpc) is 2.72. The molecule has 2 rings (SSSR count). The third kappa shape index (κ3) is 2.24. The van der Waals surface area contributed by atoms with Crippen LogP contribution in [0.1, 0.15) is 25.8 Å². The summed E-state index contributed by atoms with van der Waals surface area (Å²) in [5.74, 6) is 0.575. The van der Waals surface area contributed by atoms with Gasteiger partial charge in [0.25, 0.3) is 0 Å². The summed E-state index contributed by atoms with van der Waals surface area (Å²) in [7, 11) is 0. The van der Waals surface area contributed by atoms with Crippen LogP contribution >= 0.6 is 0 Å². The molecule has 3 nitrogen and oxygen atoms in total. The van der Waals surface area contributed by atoms with Crippen LogP contribution in [0.3, 0.4) is 0 Å². The molecular weight excluding hydrogens is 188 g/mol. The van der Waals surface area contributed by atoms with E-state index in [4.69, 9.17) is 10.2 Å². The SMILES string of the molecule is CC1C(N)CCN(Cc2ccoc2)C1C. The highest BCUT2D eigenvalue weighted by Gasteiger charge is 2.29. The normalized spacial score (nSPS) is 33.1. The second-order valence-electron chi connectivity index (χ2n) is 4.65. The lowest BCUT2D eigenvalue weighted by Gasteiger charge is -2.41. The Kier molecular flexibility index (Phi) is 3.12. The van der Waals surface area contributed by atoms with E-state index in [2.05, 4.69) is 18.7 Å². The molecule has 0 aliphatic carbocycles. The molecule has 84 valence electrons. The summed E-state index contributed by atoms with van der Waals surface area (Å²) in [5.41, 5.74) is 7.31. The first-order valence-corrected chi connectivity index (χ1v) is 5.69. The van der Waals surface area contributed by atoms with Crippen LogP contribution in [0.15, 0.2) is 23.0 Å². The molecule has 0 amide bonds. The van der Waals surface area contributed by atoms with Crippen molar-refractivity contribution in [3.8, 4) is 0 Å². The Balaban J connectivity index is 1.98. The van der Waals surface area contributed by atoms with Gasteiger partial charge in [0.2, 0.25) is 0 Å². The Bertz CT molecular complexity index is 297. The van der Waals surface area contributed by atoms with Crippen molar-refractivity contribution >= 4 is 0 Å². The van der Waals surface area contributed by atoms with E-state index in [1.54, 1.807) is 6.26 Å². The molecule has 2 N–H and O–H groups in total. The fraction of sp³-hybridized carbons (Fsp3) is 0.667. The highest BCUT2D eigenvalue weighted by Crippen LogP contribution is 2.23. The maximum absolute atomic E-state index is 6.06. The van der Waals surface area contributed by atoms with Crippen molar-refractivity contribution in [2.24, 2.45) is 11.7 Å². The third-order valence-corrected chi connectivity index (χ3v) is 3.73. The van der Waals surface area contributed by atoms with Gasteiger partial charge in [0.1, 0.15) is 0 Å². The molecule has 0 spiro atoms. The van der Waals surface area contributed by atoms with E-state index < -0.39 is 0 Å². The standard InChI is InChI=1S/C12H20N2O/c1-9-10(2)14(5-3-12(9)13)7-11-4-6-15-8-11/h4,6,8-10,12H,3,5,7,13H2,1-2H3. The summed E-state index contributed by atoms with van der Waals surface area (Å²) >= 11 is 0. The Labute approximate surface area is 91.2 Å². The molecule has 1 aromatic rings. The van der Waals surface area contributed by atoms with Crippen LogP contribution in [0.25, 0.3) is 0 Å². The van der Waals surface area contributed by atoms with Gasteiger partial charge in [-0.2, -0.15) is 0 Å². The van der Waals surface area contributed by atoms with Gasteiger partial charge in [0.05, 0.1) is 12.5 Å². The Morgan fingerprint density at radius 2 is 2.33 bits per heavy atom. The number of hydrogen-bond donors (Lipinski definition) is 1. The molecular formula is C12H20N2O. The fourth-order valence-corrected chi connectivity index (χ4v) is 2.31. The van der Waals surface area contributed by atoms with Gasteiger partial charge in [-0.25, -0.2) is 0 Å². The molecule has 0 bridgehead atoms. The van der Waals surface area contributed by atoms with E-state index in [-0.39, 0.29) is 0 Å². The van der Waals surface area contributed by atoms with Crippen molar-refractivity contribution in [1.82, 2.24) is 4.90 Å². The molecule has 1 aliphatic rings. The quantitative estimate of drug-likeness (QED) is 0.806. The third-order valence-electron chi connectivity index (χ3n) is 3.73. The Morgan fingerprint density at radius 1 is 1.53 bits per heavy atom. The molecule has 1 aromatic heterocycles. The lowest BCUT2D eigenvalue weighted by atomic mass is 9.87. The maximum atomic E-state index is 6.06. The summed E-state index contributed by atoms with van der Waals surface area (Å²) in [6.07, 6.45) is 4.66. The van der Waals surface area contributed by atoms with Crippen LogP contribution in [-0.2, 0) is 6.54 Å². The second-order valence-corrected chi connectivity index (χ2v) is 4.65. The largest absolute Gasteiger partial charge is 0.472 e. The van der Waals surface area contributed by atoms with Crippen LogP contribution in [0.5, 0.6) is 0 Å². The van der Waals surface area contributed by atoms with Crippen LogP contribution < -0.4 is 5.73 Å². The molecule has 2 heterocycles. The molecule has 0 saturated carbocycles. The molecule has 3 unspecified atom stereocenters. The minimum absolute atomic E-state index is 0.362. The molecule has 1 fully saturated rings. The van der Waals surface area contributed by atoms with Crippen molar-refractivity contribution in [3.05, 3.63) is 24.2 Å². The van der Waals surface area contributed by atoms with Gasteiger partial charge in [-0.05, 0) is 25.3 Å². The van der Waals surface area contributed by atoms with Crippen molar-refractivity contribution in [3.63, 3.8) is 0 Å². The number of piperidine rings is 1. The zero-order chi connectivity index (χ0) is 10.8. The number of rotatable bonds is 2. The fourth-order valence-electron chi connectivity index (χ4n) is 2.31. The van der Waals surface area contributed by atoms with Gasteiger partial charge in [-0.1, -0.05) is 6.92 Å². The molecule has 1 saturated heterocycles. The minimum Gasteiger partial charge on any atom is -0.472 e. The monoisotopic (exact) mass is 208 g/mol. The minimum atomic E-state index is 0.362. The smallest absolute Gasteiger partial charge is 0.0947 e. The highest BCUT2D eigenvalue weighted by atomic mass is 16.3. The summed E-state index contributed by atoms with van der Waals surface area (Å²) in [6, 6.07) is 2.95. The molecule has 0 aromatic carbocycles. The van der Waals surface area contributed by atoms with Gasteiger partial charge in [-0.3, -0.25) is 4.90 Å². The first kappa shape index (κ1) is 10.7. The van der Waals surface area contributed by atoms with Crippen LogP contribution in [-0.4, -0.2) is 23.5 Å². The molecule has 3 atom stereocenters. The summed E-state index contributed by atoms with van der Waals surface area (Å²) in [5, 5.41) is 0. The Morgan fingerprint density at radius 3 is 3.00 bits per heavy atom. The van der Waals surface area contributed by atoms with Crippen LogP contribution in [0.4, 0.5) is 0 Å². The van der Waals surface area contributed by atoms with Gasteiger partial charge in [-0.15, -0.1) is 0 Å². The van der Waals surface area contributed by atoms with Gasteiger partial charge < -0.3 is 10.2 Å². The van der Waals surface area contributed by atoms with Crippen LogP contribution in [0.2, 0.25) is 0 Å². The van der Waals surface area contributed by atoms with Gasteiger partial charge in [0, 0.05) is 30.7 Å². The van der Waals surface area contributed by atoms with E-state index in [9.17, 15) is 0 Å². The molecule has 0 radical (unpaired) electrons. The maximum Gasteiger partial charge on any atom is 0.0947 e. The van der Waals surface area contributed by atoms with Crippen molar-refractivity contribution in [1.29, 1.82) is 0 Å². The molecule has 3 heteroatoms. The number of likely N-dealkylation sites (tertiary alicyclic amines) is 1. The van der Waals surface area contributed by atoms with E-state index in [1.807, 2.05) is 12.3 Å². The summed E-state index contributed by atoms with van der Waals surface area (Å²) in [6.45, 7) is 6.59. The van der Waals surface area contributed by atoms with E-state index in [0.29, 0.717) is 18.0 Å². The predicted molar refractivity (Wildman–Crippen MR) is 60.3 cm³/mol. The molecule has 1 aliphatic heterocycles. The zero-order valence-corrected chi connectivity index (χ0v) is 9.52. The number of hydrogen-bond acceptors (Lipinski definition) is 3. The van der Waals surface area contributed by atoms with Crippen molar-refractivity contribution < 1.29 is 4.42 Å². The van der Waals surface area contributed by atoms with Crippen molar-refractivity contribution in [2.45, 2.75) is 38.9 Å². The van der Waals surface area contributed by atoms with Crippen LogP contribution in [0, 0.1) is 5.92 Å². The number of nitrogens with zero attached hydrogens (tertiary/aromatic N) is 1. The highest BCUT2D eigenvalue weighted by molar-refractivity contribution is 5.06. The first-order chi connectivity index (χ1) is 7.18. The van der Waals surface area contributed by atoms with Gasteiger partial charge >= 0.3 is 0 Å². The lowest BCUT2D eigenvalue weighted by molar-refractivity contribution is 0.0908.